The Morgan fingerprint density at radius 3 is 2.43 bits per heavy atom. The fourth-order valence-electron chi connectivity index (χ4n) is 1.77. The minimum absolute atomic E-state index is 0.135. The van der Waals surface area contributed by atoms with Crippen LogP contribution in [0.4, 0.5) is 4.79 Å². The Morgan fingerprint density at radius 2 is 2.00 bits per heavy atom. The van der Waals surface area contributed by atoms with Crippen molar-refractivity contribution in [2.45, 2.75) is 26.4 Å². The molecule has 0 aromatic carbocycles. The number of carboxylic acid groups (broad SMARTS) is 1. The number of carbonyl (C=O) groups is 3. The number of hydrogen-bond acceptors (Lipinski definition) is 4. The van der Waals surface area contributed by atoms with Crippen molar-refractivity contribution in [3.8, 4) is 0 Å². The number of aliphatic carboxylic acids is 1. The van der Waals surface area contributed by atoms with Crippen molar-refractivity contribution in [2.24, 2.45) is 5.73 Å². The predicted octanol–water partition coefficient (Wildman–Crippen LogP) is 0.950. The van der Waals surface area contributed by atoms with Crippen molar-refractivity contribution in [3.63, 3.8) is 0 Å². The van der Waals surface area contributed by atoms with Crippen LogP contribution in [0.15, 0.2) is 17.5 Å². The number of carbonyl (C=O) groups excluding carboxylic acids is 2. The number of thiophene rings is 1. The molecule has 0 aliphatic heterocycles. The maximum Gasteiger partial charge on any atom is 0.323 e. The van der Waals surface area contributed by atoms with Crippen LogP contribution < -0.4 is 5.73 Å². The van der Waals surface area contributed by atoms with Gasteiger partial charge in [0.15, 0.2) is 0 Å². The standard InChI is InChI=1S/C13H19N3O4S/c1-9(2)16(6-10-4-3-5-21-10)13(20)15(7-11(14)17)8-12(18)19/h3-5,9H,6-8H2,1-2H3,(H2,14,17)(H,18,19). The molecule has 3 N–H and O–H groups in total. The highest BCUT2D eigenvalue weighted by molar-refractivity contribution is 7.09. The monoisotopic (exact) mass is 313 g/mol. The minimum atomic E-state index is -1.19. The molecule has 3 amide bonds. The molecule has 116 valence electrons. The van der Waals surface area contributed by atoms with Crippen molar-refractivity contribution < 1.29 is 19.5 Å². The van der Waals surface area contributed by atoms with Crippen molar-refractivity contribution in [1.82, 2.24) is 9.80 Å². The lowest BCUT2D eigenvalue weighted by Crippen LogP contribution is -2.50. The van der Waals surface area contributed by atoms with Gasteiger partial charge >= 0.3 is 12.0 Å². The van der Waals surface area contributed by atoms with E-state index in [4.69, 9.17) is 10.8 Å². The molecule has 0 bridgehead atoms. The van der Waals surface area contributed by atoms with Crippen LogP contribution in [0.2, 0.25) is 0 Å². The molecule has 0 aliphatic carbocycles. The zero-order valence-corrected chi connectivity index (χ0v) is 12.8. The average molecular weight is 313 g/mol. The Morgan fingerprint density at radius 1 is 1.33 bits per heavy atom. The van der Waals surface area contributed by atoms with E-state index in [1.165, 1.54) is 16.2 Å². The summed E-state index contributed by atoms with van der Waals surface area (Å²) in [6.07, 6.45) is 0. The Bertz CT molecular complexity index is 486. The van der Waals surface area contributed by atoms with Crippen LogP contribution in [0.5, 0.6) is 0 Å². The third-order valence-electron chi connectivity index (χ3n) is 2.72. The zero-order valence-electron chi connectivity index (χ0n) is 12.0. The van der Waals surface area contributed by atoms with E-state index in [0.717, 1.165) is 9.78 Å². The summed E-state index contributed by atoms with van der Waals surface area (Å²) in [6.45, 7) is 3.04. The van der Waals surface area contributed by atoms with Crippen LogP contribution >= 0.6 is 11.3 Å². The van der Waals surface area contributed by atoms with Crippen LogP contribution in [-0.4, -0.2) is 51.9 Å². The number of amides is 3. The molecule has 8 heteroatoms. The quantitative estimate of drug-likeness (QED) is 0.782. The first-order valence-corrected chi connectivity index (χ1v) is 7.27. The molecule has 0 fully saturated rings. The van der Waals surface area contributed by atoms with Gasteiger partial charge in [0.1, 0.15) is 13.1 Å². The Kier molecular flexibility index (Phi) is 6.16. The Hall–Kier alpha value is -2.09. The fraction of sp³-hybridized carbons (Fsp3) is 0.462. The van der Waals surface area contributed by atoms with Crippen molar-refractivity contribution in [1.29, 1.82) is 0 Å². The molecule has 1 heterocycles. The molecule has 0 spiro atoms. The van der Waals surface area contributed by atoms with E-state index in [2.05, 4.69) is 0 Å². The van der Waals surface area contributed by atoms with Gasteiger partial charge in [0.2, 0.25) is 5.91 Å². The molecule has 0 unspecified atom stereocenters. The fourth-order valence-corrected chi connectivity index (χ4v) is 2.47. The third kappa shape index (κ3) is 5.42. The van der Waals surface area contributed by atoms with Crippen LogP contribution in [0, 0.1) is 0 Å². The summed E-state index contributed by atoms with van der Waals surface area (Å²) in [6, 6.07) is 3.12. The van der Waals surface area contributed by atoms with Crippen LogP contribution in [0.25, 0.3) is 0 Å². The SMILES string of the molecule is CC(C)N(Cc1cccs1)C(=O)N(CC(N)=O)CC(=O)O. The van der Waals surface area contributed by atoms with E-state index >= 15 is 0 Å². The lowest BCUT2D eigenvalue weighted by molar-refractivity contribution is -0.138. The van der Waals surface area contributed by atoms with Gasteiger partial charge in [0.25, 0.3) is 0 Å². The normalized spacial score (nSPS) is 10.4. The van der Waals surface area contributed by atoms with Gasteiger partial charge in [-0.2, -0.15) is 0 Å². The molecular weight excluding hydrogens is 294 g/mol. The van der Waals surface area contributed by atoms with E-state index in [-0.39, 0.29) is 6.04 Å². The second kappa shape index (κ2) is 7.63. The van der Waals surface area contributed by atoms with E-state index in [1.54, 1.807) is 0 Å². The average Bonchev–Trinajstić information content (AvgIpc) is 2.85. The number of carboxylic acids is 1. The first-order valence-electron chi connectivity index (χ1n) is 6.39. The highest BCUT2D eigenvalue weighted by Gasteiger charge is 2.26. The van der Waals surface area contributed by atoms with E-state index in [9.17, 15) is 14.4 Å². The summed E-state index contributed by atoms with van der Waals surface area (Å²) in [5, 5.41) is 10.8. The molecule has 0 saturated heterocycles. The van der Waals surface area contributed by atoms with Crippen molar-refractivity contribution >= 4 is 29.2 Å². The Balaban J connectivity index is 2.89. The molecule has 1 aromatic heterocycles. The highest BCUT2D eigenvalue weighted by Crippen LogP contribution is 2.15. The highest BCUT2D eigenvalue weighted by atomic mass is 32.1. The molecule has 0 radical (unpaired) electrons. The predicted molar refractivity (Wildman–Crippen MR) is 78.8 cm³/mol. The Labute approximate surface area is 126 Å². The summed E-state index contributed by atoms with van der Waals surface area (Å²) >= 11 is 1.51. The van der Waals surface area contributed by atoms with Gasteiger partial charge in [0, 0.05) is 10.9 Å². The number of rotatable bonds is 7. The molecule has 0 aliphatic rings. The van der Waals surface area contributed by atoms with Gasteiger partial charge in [-0.25, -0.2) is 4.79 Å². The first-order chi connectivity index (χ1) is 9.81. The summed E-state index contributed by atoms with van der Waals surface area (Å²) in [5.41, 5.74) is 5.08. The van der Waals surface area contributed by atoms with E-state index in [0.29, 0.717) is 6.54 Å². The second-order valence-electron chi connectivity index (χ2n) is 4.80. The smallest absolute Gasteiger partial charge is 0.323 e. The van der Waals surface area contributed by atoms with E-state index in [1.807, 2.05) is 31.4 Å². The number of nitrogens with zero attached hydrogens (tertiary/aromatic N) is 2. The molecule has 0 atom stereocenters. The number of hydrogen-bond donors (Lipinski definition) is 2. The summed E-state index contributed by atoms with van der Waals surface area (Å²) in [7, 11) is 0. The van der Waals surface area contributed by atoms with Gasteiger partial charge in [-0.05, 0) is 25.3 Å². The third-order valence-corrected chi connectivity index (χ3v) is 3.58. The van der Waals surface area contributed by atoms with Crippen LogP contribution in [0.3, 0.4) is 0 Å². The largest absolute Gasteiger partial charge is 0.480 e. The molecule has 1 rings (SSSR count). The lowest BCUT2D eigenvalue weighted by Gasteiger charge is -2.31. The van der Waals surface area contributed by atoms with E-state index < -0.39 is 31.0 Å². The molecular formula is C13H19N3O4S. The van der Waals surface area contributed by atoms with Gasteiger partial charge in [0.05, 0.1) is 6.54 Å². The second-order valence-corrected chi connectivity index (χ2v) is 5.83. The van der Waals surface area contributed by atoms with Gasteiger partial charge in [-0.1, -0.05) is 6.07 Å². The lowest BCUT2D eigenvalue weighted by atomic mass is 10.3. The first kappa shape index (κ1) is 17.0. The van der Waals surface area contributed by atoms with Crippen molar-refractivity contribution in [2.75, 3.05) is 13.1 Å². The number of primary amides is 1. The molecule has 7 nitrogen and oxygen atoms in total. The number of nitrogens with two attached hydrogens (primary N) is 1. The number of urea groups is 1. The zero-order chi connectivity index (χ0) is 16.0. The topological polar surface area (TPSA) is 104 Å². The van der Waals surface area contributed by atoms with Gasteiger partial charge in [-0.3, -0.25) is 9.59 Å². The molecule has 1 aromatic rings. The van der Waals surface area contributed by atoms with Crippen LogP contribution in [0.1, 0.15) is 18.7 Å². The maximum atomic E-state index is 12.5. The summed E-state index contributed by atoms with van der Waals surface area (Å²) in [4.78, 5) is 37.8. The van der Waals surface area contributed by atoms with Gasteiger partial charge < -0.3 is 20.6 Å². The van der Waals surface area contributed by atoms with Crippen LogP contribution in [-0.2, 0) is 16.1 Å². The minimum Gasteiger partial charge on any atom is -0.480 e. The summed E-state index contributed by atoms with van der Waals surface area (Å²) in [5.74, 6) is -1.94. The molecule has 0 saturated carbocycles. The van der Waals surface area contributed by atoms with Crippen molar-refractivity contribution in [3.05, 3.63) is 22.4 Å². The molecule has 21 heavy (non-hydrogen) atoms. The van der Waals surface area contributed by atoms with Gasteiger partial charge in [-0.15, -0.1) is 11.3 Å². The summed E-state index contributed by atoms with van der Waals surface area (Å²) < 4.78 is 0. The maximum absolute atomic E-state index is 12.5.